The number of nitrogens with one attached hydrogen (secondary N) is 1. The van der Waals surface area contributed by atoms with E-state index in [-0.39, 0.29) is 11.5 Å². The minimum atomic E-state index is -0.0705. The van der Waals surface area contributed by atoms with Crippen molar-refractivity contribution in [3.63, 3.8) is 0 Å². The maximum atomic E-state index is 11.6. The largest absolute Gasteiger partial charge is 0.329 e. The molecular weight excluding hydrogens is 238 g/mol. The second-order valence-corrected chi connectivity index (χ2v) is 4.63. The third-order valence-corrected chi connectivity index (χ3v) is 3.27. The van der Waals surface area contributed by atoms with E-state index in [9.17, 15) is 9.59 Å². The minimum Gasteiger partial charge on any atom is -0.329 e. The molecule has 19 heavy (non-hydrogen) atoms. The summed E-state index contributed by atoms with van der Waals surface area (Å²) in [5, 5.41) is 0. The van der Waals surface area contributed by atoms with Crippen molar-refractivity contribution in [2.24, 2.45) is 5.92 Å². The quantitative estimate of drug-likeness (QED) is 0.853. The molecule has 1 unspecified atom stereocenters. The summed E-state index contributed by atoms with van der Waals surface area (Å²) in [6, 6.07) is 1.63. The highest BCUT2D eigenvalue weighted by molar-refractivity contribution is 5.80. The van der Waals surface area contributed by atoms with Gasteiger partial charge < -0.3 is 4.98 Å². The molecule has 1 atom stereocenters. The number of aromatic amines is 1. The van der Waals surface area contributed by atoms with Gasteiger partial charge in [0.15, 0.2) is 0 Å². The third kappa shape index (κ3) is 6.37. The number of ketones is 1. The Morgan fingerprint density at radius 3 is 2.58 bits per heavy atom. The van der Waals surface area contributed by atoms with E-state index in [1.165, 1.54) is 0 Å². The summed E-state index contributed by atoms with van der Waals surface area (Å²) < 4.78 is 0. The number of Topliss-reactive ketones (excluding diaryl/α,β-unsaturated/α-hetero) is 1. The number of hydrogen-bond donors (Lipinski definition) is 1. The fourth-order valence-corrected chi connectivity index (χ4v) is 1.78. The summed E-state index contributed by atoms with van der Waals surface area (Å²) in [4.78, 5) is 25.5. The molecule has 0 aliphatic rings. The number of pyridine rings is 1. The topological polar surface area (TPSA) is 49.9 Å². The number of rotatable bonds is 6. The predicted octanol–water partition coefficient (Wildman–Crippen LogP) is 3.65. The zero-order valence-corrected chi connectivity index (χ0v) is 12.9. The first kappa shape index (κ1) is 17.6. The van der Waals surface area contributed by atoms with Crippen LogP contribution in [0.1, 0.15) is 58.1 Å². The van der Waals surface area contributed by atoms with Crippen LogP contribution in [0.5, 0.6) is 0 Å². The lowest BCUT2D eigenvalue weighted by atomic mass is 9.97. The highest BCUT2D eigenvalue weighted by atomic mass is 16.1. The van der Waals surface area contributed by atoms with Crippen LogP contribution < -0.4 is 5.56 Å². The van der Waals surface area contributed by atoms with Crippen molar-refractivity contribution in [2.75, 3.05) is 0 Å². The van der Waals surface area contributed by atoms with Crippen LogP contribution in [0.15, 0.2) is 17.1 Å². The number of hydrogen-bond acceptors (Lipinski definition) is 2. The Kier molecular flexibility index (Phi) is 8.84. The first-order valence-electron chi connectivity index (χ1n) is 7.25. The van der Waals surface area contributed by atoms with Crippen molar-refractivity contribution in [1.29, 1.82) is 0 Å². The number of H-pyrrole nitrogens is 1. The predicted molar refractivity (Wildman–Crippen MR) is 80.5 cm³/mol. The van der Waals surface area contributed by atoms with Gasteiger partial charge in [0.05, 0.1) is 0 Å². The van der Waals surface area contributed by atoms with Crippen LogP contribution in [0.4, 0.5) is 0 Å². The molecule has 0 saturated carbocycles. The van der Waals surface area contributed by atoms with Gasteiger partial charge in [0.1, 0.15) is 5.78 Å². The number of carbonyl (C=O) groups excluding carboxylic acids is 1. The van der Waals surface area contributed by atoms with Gasteiger partial charge >= 0.3 is 0 Å². The van der Waals surface area contributed by atoms with E-state index in [1.54, 1.807) is 12.3 Å². The first-order chi connectivity index (χ1) is 9.04. The molecule has 1 aromatic rings. The molecule has 0 amide bonds. The van der Waals surface area contributed by atoms with Crippen LogP contribution in [-0.2, 0) is 11.2 Å². The Labute approximate surface area is 116 Å². The Morgan fingerprint density at radius 2 is 2.00 bits per heavy atom. The highest BCUT2D eigenvalue weighted by Gasteiger charge is 2.10. The summed E-state index contributed by atoms with van der Waals surface area (Å²) in [6.07, 6.45) is 4.88. The third-order valence-electron chi connectivity index (χ3n) is 3.27. The van der Waals surface area contributed by atoms with E-state index in [4.69, 9.17) is 0 Å². The van der Waals surface area contributed by atoms with Crippen LogP contribution in [0.2, 0.25) is 0 Å². The molecule has 3 heteroatoms. The summed E-state index contributed by atoms with van der Waals surface area (Å²) in [7, 11) is 0. The van der Waals surface area contributed by atoms with E-state index < -0.39 is 0 Å². The molecule has 0 aliphatic carbocycles. The normalized spacial score (nSPS) is 11.4. The van der Waals surface area contributed by atoms with Gasteiger partial charge in [-0.3, -0.25) is 9.59 Å². The zero-order valence-electron chi connectivity index (χ0n) is 12.9. The lowest BCUT2D eigenvalue weighted by Crippen LogP contribution is -2.11. The van der Waals surface area contributed by atoms with Crippen LogP contribution >= 0.6 is 0 Å². The number of aromatic nitrogens is 1. The van der Waals surface area contributed by atoms with E-state index in [0.717, 1.165) is 30.4 Å². The van der Waals surface area contributed by atoms with Crippen LogP contribution in [0.3, 0.4) is 0 Å². The van der Waals surface area contributed by atoms with Gasteiger partial charge in [-0.25, -0.2) is 0 Å². The Hall–Kier alpha value is -1.38. The standard InChI is InChI=1S/C14H21NO2.C2H6/c1-4-10(2)13(16)7-5-6-12-8-14(17)15-9-11(12)3;1-2/h8-10H,4-7H2,1-3H3,(H,15,17);1-2H3. The molecule has 1 aromatic heterocycles. The second kappa shape index (κ2) is 9.54. The van der Waals surface area contributed by atoms with Gasteiger partial charge in [-0.05, 0) is 37.3 Å². The fourth-order valence-electron chi connectivity index (χ4n) is 1.78. The first-order valence-corrected chi connectivity index (χ1v) is 7.25. The lowest BCUT2D eigenvalue weighted by Gasteiger charge is -2.08. The average molecular weight is 265 g/mol. The van der Waals surface area contributed by atoms with E-state index in [2.05, 4.69) is 4.98 Å². The van der Waals surface area contributed by atoms with E-state index >= 15 is 0 Å². The molecule has 0 aromatic carbocycles. The number of aryl methyl sites for hydroxylation is 2. The molecule has 0 radical (unpaired) electrons. The Morgan fingerprint density at radius 1 is 1.37 bits per heavy atom. The highest BCUT2D eigenvalue weighted by Crippen LogP contribution is 2.11. The van der Waals surface area contributed by atoms with Crippen LogP contribution in [0, 0.1) is 12.8 Å². The van der Waals surface area contributed by atoms with Gasteiger partial charge in [-0.15, -0.1) is 0 Å². The van der Waals surface area contributed by atoms with Gasteiger partial charge in [0.2, 0.25) is 5.56 Å². The molecular formula is C16H27NO2. The average Bonchev–Trinajstić information content (AvgIpc) is 2.43. The number of carbonyl (C=O) groups is 1. The van der Waals surface area contributed by atoms with Crippen LogP contribution in [0.25, 0.3) is 0 Å². The zero-order chi connectivity index (χ0) is 14.8. The van der Waals surface area contributed by atoms with Gasteiger partial charge in [-0.2, -0.15) is 0 Å². The maximum absolute atomic E-state index is 11.6. The van der Waals surface area contributed by atoms with Crippen molar-refractivity contribution < 1.29 is 4.79 Å². The lowest BCUT2D eigenvalue weighted by molar-refractivity contribution is -0.122. The summed E-state index contributed by atoms with van der Waals surface area (Å²) >= 11 is 0. The van der Waals surface area contributed by atoms with Crippen molar-refractivity contribution in [2.45, 2.75) is 60.3 Å². The van der Waals surface area contributed by atoms with Crippen molar-refractivity contribution in [3.8, 4) is 0 Å². The van der Waals surface area contributed by atoms with Crippen molar-refractivity contribution in [1.82, 2.24) is 4.98 Å². The van der Waals surface area contributed by atoms with E-state index in [0.29, 0.717) is 12.2 Å². The molecule has 1 N–H and O–H groups in total. The van der Waals surface area contributed by atoms with Crippen molar-refractivity contribution >= 4 is 5.78 Å². The molecule has 0 fully saturated rings. The van der Waals surface area contributed by atoms with E-state index in [1.807, 2.05) is 34.6 Å². The van der Waals surface area contributed by atoms with Gasteiger partial charge in [0.25, 0.3) is 0 Å². The summed E-state index contributed by atoms with van der Waals surface area (Å²) in [5.41, 5.74) is 2.06. The molecule has 1 rings (SSSR count). The Bertz CT molecular complexity index is 435. The molecule has 0 aliphatic heterocycles. The summed E-state index contributed by atoms with van der Waals surface area (Å²) in [6.45, 7) is 9.98. The maximum Gasteiger partial charge on any atom is 0.248 e. The molecule has 0 bridgehead atoms. The molecule has 108 valence electrons. The minimum absolute atomic E-state index is 0.0705. The molecule has 1 heterocycles. The fraction of sp³-hybridized carbons (Fsp3) is 0.625. The Balaban J connectivity index is 0.00000154. The monoisotopic (exact) mass is 265 g/mol. The van der Waals surface area contributed by atoms with Crippen molar-refractivity contribution in [3.05, 3.63) is 33.7 Å². The SMILES string of the molecule is CC.CCC(C)C(=O)CCCc1cc(=O)[nH]cc1C. The molecule has 0 saturated heterocycles. The second-order valence-electron chi connectivity index (χ2n) is 4.63. The molecule has 3 nitrogen and oxygen atoms in total. The smallest absolute Gasteiger partial charge is 0.248 e. The van der Waals surface area contributed by atoms with Gasteiger partial charge in [0, 0.05) is 24.6 Å². The molecule has 0 spiro atoms. The van der Waals surface area contributed by atoms with Gasteiger partial charge in [-0.1, -0.05) is 27.7 Å². The van der Waals surface area contributed by atoms with Crippen LogP contribution in [-0.4, -0.2) is 10.8 Å². The summed E-state index contributed by atoms with van der Waals surface area (Å²) in [5.74, 6) is 0.491.